The van der Waals surface area contributed by atoms with Crippen molar-refractivity contribution in [3.63, 3.8) is 0 Å². The van der Waals surface area contributed by atoms with Crippen molar-refractivity contribution in [2.24, 2.45) is 0 Å². The fraction of sp³-hybridized carbons (Fsp3) is 0.421. The molecule has 47 heavy (non-hydrogen) atoms. The van der Waals surface area contributed by atoms with E-state index in [2.05, 4.69) is 0 Å². The number of rotatable bonds is 11. The maximum absolute atomic E-state index is 13.5. The van der Waals surface area contributed by atoms with Gasteiger partial charge in [-0.1, -0.05) is 66.7 Å². The van der Waals surface area contributed by atoms with Gasteiger partial charge in [-0.3, -0.25) is 4.79 Å². The molecule has 3 amide bonds. The normalized spacial score (nSPS) is 14.8. The third kappa shape index (κ3) is 10.7. The molecule has 0 radical (unpaired) electrons. The molecule has 1 fully saturated rings. The minimum absolute atomic E-state index is 0.00160. The quantitative estimate of drug-likeness (QED) is 0.162. The molecule has 0 saturated carbocycles. The first-order chi connectivity index (χ1) is 22.2. The van der Waals surface area contributed by atoms with E-state index in [-0.39, 0.29) is 31.9 Å². The summed E-state index contributed by atoms with van der Waals surface area (Å²) in [7, 11) is 0. The van der Waals surface area contributed by atoms with Gasteiger partial charge in [0.25, 0.3) is 0 Å². The first kappa shape index (κ1) is 35.2. The Morgan fingerprint density at radius 1 is 0.809 bits per heavy atom. The van der Waals surface area contributed by atoms with E-state index in [1.165, 1.54) is 4.90 Å². The summed E-state index contributed by atoms with van der Waals surface area (Å²) in [5.41, 5.74) is 2.48. The van der Waals surface area contributed by atoms with Crippen LogP contribution >= 0.6 is 0 Å². The molecule has 1 unspecified atom stereocenters. The first-order valence-electron chi connectivity index (χ1n) is 16.1. The van der Waals surface area contributed by atoms with Crippen LogP contribution in [0.1, 0.15) is 80.6 Å². The molecule has 3 aromatic carbocycles. The highest BCUT2D eigenvalue weighted by molar-refractivity contribution is 5.94. The SMILES string of the molecule is CC(C)(C)OC(=O)c1ccc(CN(CCc2ccccc2)C(=O)OC(C)(C)C)c(CCC(=O)N2C(=O)OCC2Cc2ccccc2)c1. The second-order valence-corrected chi connectivity index (χ2v) is 13.8. The van der Waals surface area contributed by atoms with Gasteiger partial charge in [-0.15, -0.1) is 0 Å². The van der Waals surface area contributed by atoms with Crippen molar-refractivity contribution >= 4 is 24.1 Å². The van der Waals surface area contributed by atoms with Gasteiger partial charge in [0.2, 0.25) is 5.91 Å². The van der Waals surface area contributed by atoms with E-state index in [1.807, 2.05) is 81.4 Å². The van der Waals surface area contributed by atoms with Crippen LogP contribution in [-0.2, 0) is 44.8 Å². The highest BCUT2D eigenvalue weighted by Crippen LogP contribution is 2.24. The third-order valence-electron chi connectivity index (χ3n) is 7.52. The number of hydrogen-bond donors (Lipinski definition) is 0. The van der Waals surface area contributed by atoms with E-state index in [0.717, 1.165) is 16.7 Å². The van der Waals surface area contributed by atoms with Gasteiger partial charge in [0, 0.05) is 19.5 Å². The highest BCUT2D eigenvalue weighted by Gasteiger charge is 2.37. The Labute approximate surface area is 277 Å². The van der Waals surface area contributed by atoms with Gasteiger partial charge >= 0.3 is 18.2 Å². The van der Waals surface area contributed by atoms with Crippen LogP contribution in [0.5, 0.6) is 0 Å². The van der Waals surface area contributed by atoms with Crippen molar-refractivity contribution in [1.82, 2.24) is 9.80 Å². The topological polar surface area (TPSA) is 102 Å². The van der Waals surface area contributed by atoms with Crippen LogP contribution in [0, 0.1) is 0 Å². The van der Waals surface area contributed by atoms with Gasteiger partial charge < -0.3 is 19.1 Å². The molecule has 1 saturated heterocycles. The summed E-state index contributed by atoms with van der Waals surface area (Å²) in [5, 5.41) is 0. The van der Waals surface area contributed by atoms with E-state index in [9.17, 15) is 19.2 Å². The molecule has 0 N–H and O–H groups in total. The fourth-order valence-electron chi connectivity index (χ4n) is 5.32. The van der Waals surface area contributed by atoms with Crippen LogP contribution in [0.3, 0.4) is 0 Å². The predicted octanol–water partition coefficient (Wildman–Crippen LogP) is 7.14. The van der Waals surface area contributed by atoms with Crippen LogP contribution in [0.15, 0.2) is 78.9 Å². The summed E-state index contributed by atoms with van der Waals surface area (Å²) in [4.78, 5) is 55.5. The number of benzene rings is 3. The molecule has 4 rings (SSSR count). The molecule has 0 spiro atoms. The van der Waals surface area contributed by atoms with Crippen LogP contribution in [-0.4, -0.2) is 64.3 Å². The van der Waals surface area contributed by atoms with Crippen molar-refractivity contribution in [2.75, 3.05) is 13.2 Å². The molecule has 3 aromatic rings. The highest BCUT2D eigenvalue weighted by atomic mass is 16.6. The number of aryl methyl sites for hydroxylation is 1. The molecule has 0 bridgehead atoms. The molecule has 1 atom stereocenters. The van der Waals surface area contributed by atoms with E-state index in [0.29, 0.717) is 30.5 Å². The molecule has 250 valence electrons. The van der Waals surface area contributed by atoms with Gasteiger partial charge in [0.1, 0.15) is 17.8 Å². The van der Waals surface area contributed by atoms with E-state index < -0.39 is 35.4 Å². The lowest BCUT2D eigenvalue weighted by Gasteiger charge is -2.28. The van der Waals surface area contributed by atoms with Crippen LogP contribution in [0.25, 0.3) is 0 Å². The molecular formula is C38H46N2O7. The van der Waals surface area contributed by atoms with Crippen LogP contribution in [0.4, 0.5) is 9.59 Å². The largest absolute Gasteiger partial charge is 0.456 e. The van der Waals surface area contributed by atoms with Crippen molar-refractivity contribution in [3.8, 4) is 0 Å². The standard InChI is InChI=1S/C38H46N2O7/c1-37(2,3)46-34(42)30-17-18-31(25-39(35(43)47-38(4,5)6)22-21-27-13-9-7-10-14-27)29(24-30)19-20-33(41)40-32(26-45-36(40)44)23-28-15-11-8-12-16-28/h7-18,24,32H,19-23,25-26H2,1-6H3. The summed E-state index contributed by atoms with van der Waals surface area (Å²) in [6, 6.07) is 24.3. The Morgan fingerprint density at radius 2 is 1.43 bits per heavy atom. The van der Waals surface area contributed by atoms with Gasteiger partial charge in [0.05, 0.1) is 11.6 Å². The summed E-state index contributed by atoms with van der Waals surface area (Å²) in [6.45, 7) is 11.6. The lowest BCUT2D eigenvalue weighted by molar-refractivity contribution is -0.129. The summed E-state index contributed by atoms with van der Waals surface area (Å²) >= 11 is 0. The van der Waals surface area contributed by atoms with Crippen molar-refractivity contribution < 1.29 is 33.4 Å². The number of imide groups is 1. The number of esters is 1. The van der Waals surface area contributed by atoms with Crippen LogP contribution in [0.2, 0.25) is 0 Å². The van der Waals surface area contributed by atoms with E-state index in [1.54, 1.807) is 43.9 Å². The Kier molecular flexibility index (Phi) is 11.4. The Hall–Kier alpha value is -4.66. The smallest absolute Gasteiger partial charge is 0.416 e. The van der Waals surface area contributed by atoms with Crippen molar-refractivity contribution in [3.05, 3.63) is 107 Å². The first-order valence-corrected chi connectivity index (χ1v) is 16.1. The van der Waals surface area contributed by atoms with Crippen molar-refractivity contribution in [2.45, 2.75) is 91.0 Å². The average Bonchev–Trinajstić information content (AvgIpc) is 3.37. The zero-order valence-electron chi connectivity index (χ0n) is 28.3. The van der Waals surface area contributed by atoms with Gasteiger partial charge in [-0.05, 0) is 95.2 Å². The number of cyclic esters (lactones) is 1. The molecule has 9 heteroatoms. The lowest BCUT2D eigenvalue weighted by Crippen LogP contribution is -2.40. The number of carbonyl (C=O) groups excluding carboxylic acids is 4. The zero-order chi connectivity index (χ0) is 34.2. The third-order valence-corrected chi connectivity index (χ3v) is 7.52. The molecule has 0 aliphatic carbocycles. The summed E-state index contributed by atoms with van der Waals surface area (Å²) in [5.74, 6) is -0.856. The second kappa shape index (κ2) is 15.3. The fourth-order valence-corrected chi connectivity index (χ4v) is 5.32. The Morgan fingerprint density at radius 3 is 2.04 bits per heavy atom. The predicted molar refractivity (Wildman–Crippen MR) is 179 cm³/mol. The van der Waals surface area contributed by atoms with Crippen LogP contribution < -0.4 is 0 Å². The maximum Gasteiger partial charge on any atom is 0.416 e. The Balaban J connectivity index is 1.59. The molecular weight excluding hydrogens is 596 g/mol. The number of hydrogen-bond acceptors (Lipinski definition) is 7. The van der Waals surface area contributed by atoms with Gasteiger partial charge in [0.15, 0.2) is 0 Å². The maximum atomic E-state index is 13.5. The lowest BCUT2D eigenvalue weighted by atomic mass is 9.98. The number of amides is 3. The minimum atomic E-state index is -0.696. The number of carbonyl (C=O) groups is 4. The summed E-state index contributed by atoms with van der Waals surface area (Å²) in [6.07, 6.45) is 0.217. The molecule has 9 nitrogen and oxygen atoms in total. The molecule has 1 heterocycles. The zero-order valence-corrected chi connectivity index (χ0v) is 28.3. The monoisotopic (exact) mass is 642 g/mol. The van der Waals surface area contributed by atoms with Crippen molar-refractivity contribution in [1.29, 1.82) is 0 Å². The molecule has 1 aliphatic rings. The van der Waals surface area contributed by atoms with E-state index >= 15 is 0 Å². The number of nitrogens with zero attached hydrogens (tertiary/aromatic N) is 2. The average molecular weight is 643 g/mol. The molecule has 1 aliphatic heterocycles. The molecule has 0 aromatic heterocycles. The Bertz CT molecular complexity index is 1540. The van der Waals surface area contributed by atoms with E-state index in [4.69, 9.17) is 14.2 Å². The number of ether oxygens (including phenoxy) is 3. The second-order valence-electron chi connectivity index (χ2n) is 13.8. The van der Waals surface area contributed by atoms with Gasteiger partial charge in [-0.25, -0.2) is 19.3 Å². The minimum Gasteiger partial charge on any atom is -0.456 e. The van der Waals surface area contributed by atoms with Gasteiger partial charge in [-0.2, -0.15) is 0 Å². The summed E-state index contributed by atoms with van der Waals surface area (Å²) < 4.78 is 16.6.